The third-order valence-corrected chi connectivity index (χ3v) is 15.5. The molecule has 5 atom stereocenters. The molecule has 0 saturated heterocycles. The Balaban J connectivity index is 0.000000373. The van der Waals surface area contributed by atoms with Gasteiger partial charge in [0.05, 0.1) is 20.0 Å². The summed E-state index contributed by atoms with van der Waals surface area (Å²) in [6.45, 7) is 17.8. The quantitative estimate of drug-likeness (QED) is 0.0138. The lowest BCUT2D eigenvalue weighted by Crippen LogP contribution is -2.41. The number of carbonyl (C=O) groups excluding carboxylic acids is 4. The molecule has 0 radical (unpaired) electrons. The van der Waals surface area contributed by atoms with Gasteiger partial charge in [0.25, 0.3) is 0 Å². The summed E-state index contributed by atoms with van der Waals surface area (Å²) in [4.78, 5) is 58.9. The maximum Gasteiger partial charge on any atom is 0.407 e. The molecule has 3 amide bonds. The number of aliphatic carboxylic acids is 1. The fraction of sp³-hybridized carbons (Fsp3) is 0.398. The van der Waals surface area contributed by atoms with Crippen LogP contribution in [0.3, 0.4) is 0 Å². The number of aromatic hydroxyl groups is 2. The number of rotatable bonds is 32. The van der Waals surface area contributed by atoms with Gasteiger partial charge < -0.3 is 96.3 Å². The standard InChI is InChI=1S/C23H29NO5.C22H27NO5.C22H29NO4.2C10H15NO2.CH4O/c1-23(2,3)29-22(26)24-19(15-21(25)27-4)14-17-10-12-20(13-11-17)28-16-18-8-6-5-7-9-18;1-22(2,3)28-21(26)23-18(14-20(24)25)13-16-9-11-19(12-10-16)27-15-17-7-5-4-6-8-17;1-22(2,3)27-21(25)23-19(13-14-24)15-17-9-11-20(12-10-17)26-16-18-7-5-4-6-8-18;2*11-9(5-6-12)7-8-1-3-10(13)4-2-8;1-2/h5-13,19H,14-16H2,1-4H3,(H,24,26);4-12,18H,13-15H2,1-3H3,(H,23,26)(H,24,25);4-12,19,24H,13-16H2,1-3H3,(H,23,25);2*1-4,9,12-13H,5-7,11H2;2H,1H3/t19-;18-;19-;2*9-;/m00111./s1. The summed E-state index contributed by atoms with van der Waals surface area (Å²) in [7, 11) is 2.33. The smallest absolute Gasteiger partial charge is 0.407 e. The highest BCUT2D eigenvalue weighted by Crippen LogP contribution is 2.22. The third-order valence-electron chi connectivity index (χ3n) is 15.5. The Morgan fingerprint density at radius 3 is 0.884 bits per heavy atom. The Morgan fingerprint density at radius 1 is 0.357 bits per heavy atom. The van der Waals surface area contributed by atoms with Crippen LogP contribution < -0.4 is 41.6 Å². The van der Waals surface area contributed by atoms with Gasteiger partial charge >= 0.3 is 30.2 Å². The van der Waals surface area contributed by atoms with Gasteiger partial charge in [-0.1, -0.05) is 152 Å². The monoisotopic (exact) mass is 1550 g/mol. The van der Waals surface area contributed by atoms with E-state index in [2.05, 4.69) is 16.0 Å². The van der Waals surface area contributed by atoms with Gasteiger partial charge in [0, 0.05) is 57.1 Å². The number of phenolic OH excluding ortho intramolecular Hbond substituents is 2. The van der Waals surface area contributed by atoms with Gasteiger partial charge in [-0.25, -0.2) is 14.4 Å². The minimum absolute atomic E-state index is 0.00126. The highest BCUT2D eigenvalue weighted by molar-refractivity contribution is 5.73. The van der Waals surface area contributed by atoms with Crippen molar-refractivity contribution in [1.29, 1.82) is 0 Å². The number of alkyl carbamates (subject to hydrolysis) is 3. The van der Waals surface area contributed by atoms with E-state index < -0.39 is 59.1 Å². The molecule has 8 rings (SSSR count). The van der Waals surface area contributed by atoms with Crippen LogP contribution in [0.15, 0.2) is 212 Å². The summed E-state index contributed by atoms with van der Waals surface area (Å²) < 4.78 is 37.9. The number of phenols is 2. The van der Waals surface area contributed by atoms with Crippen molar-refractivity contribution in [2.24, 2.45) is 11.5 Å². The molecule has 24 nitrogen and oxygen atoms in total. The fourth-order valence-corrected chi connectivity index (χ4v) is 10.3. The van der Waals surface area contributed by atoms with E-state index in [0.717, 1.165) is 81.7 Å². The minimum atomic E-state index is -0.983. The summed E-state index contributed by atoms with van der Waals surface area (Å²) >= 11 is 0. The second kappa shape index (κ2) is 52.4. The van der Waals surface area contributed by atoms with E-state index in [0.29, 0.717) is 58.3 Å². The molecule has 8 aromatic carbocycles. The Kier molecular flexibility index (Phi) is 44.7. The highest BCUT2D eigenvalue weighted by atomic mass is 16.6. The Hall–Kier alpha value is -10.7. The lowest BCUT2D eigenvalue weighted by molar-refractivity contribution is -0.141. The number of carbonyl (C=O) groups is 5. The van der Waals surface area contributed by atoms with Crippen LogP contribution in [0.25, 0.3) is 0 Å². The first-order chi connectivity index (χ1) is 53.2. The van der Waals surface area contributed by atoms with E-state index in [1.807, 2.05) is 209 Å². The van der Waals surface area contributed by atoms with E-state index in [-0.39, 0.29) is 62.3 Å². The van der Waals surface area contributed by atoms with E-state index in [9.17, 15) is 29.1 Å². The van der Waals surface area contributed by atoms with Gasteiger partial charge in [0.1, 0.15) is 65.4 Å². The lowest BCUT2D eigenvalue weighted by Gasteiger charge is -2.23. The zero-order valence-electron chi connectivity index (χ0n) is 66.6. The first kappa shape index (κ1) is 95.5. The van der Waals surface area contributed by atoms with E-state index in [1.54, 1.807) is 65.8 Å². The second-order valence-corrected chi connectivity index (χ2v) is 29.1. The highest BCUT2D eigenvalue weighted by Gasteiger charge is 2.25. The molecule has 0 aliphatic rings. The van der Waals surface area contributed by atoms with Crippen LogP contribution in [-0.4, -0.2) is 147 Å². The van der Waals surface area contributed by atoms with Crippen molar-refractivity contribution in [3.63, 3.8) is 0 Å². The number of amides is 3. The number of aliphatic hydroxyl groups is 4. The Labute approximate surface area is 660 Å². The summed E-state index contributed by atoms with van der Waals surface area (Å²) in [5.41, 5.74) is 18.0. The molecule has 14 N–H and O–H groups in total. The van der Waals surface area contributed by atoms with Crippen molar-refractivity contribution in [2.75, 3.05) is 34.0 Å². The molecule has 0 spiro atoms. The third kappa shape index (κ3) is 46.1. The summed E-state index contributed by atoms with van der Waals surface area (Å²) in [6, 6.07) is 65.3. The SMILES string of the molecule is CC(C)(C)OC(=O)N[C@H](CC(=O)O)Cc1ccc(OCc2ccccc2)cc1.CC(C)(C)OC(=O)N[C@H](CCO)Cc1ccc(OCc2ccccc2)cc1.CO.COC(=O)C[C@H](Cc1ccc(OCc2ccccc2)cc1)NC(=O)OC(C)(C)C.N[C@H](CCO)Cc1ccc(O)cc1.N[C@H](CCO)Cc1ccc(O)cc1. The van der Waals surface area contributed by atoms with Crippen molar-refractivity contribution < 1.29 is 92.9 Å². The van der Waals surface area contributed by atoms with Crippen LogP contribution in [0.4, 0.5) is 14.4 Å². The molecule has 8 aromatic rings. The van der Waals surface area contributed by atoms with E-state index in [1.165, 1.54) is 7.11 Å². The summed E-state index contributed by atoms with van der Waals surface area (Å²) in [5, 5.41) is 68.9. The molecule has 112 heavy (non-hydrogen) atoms. The van der Waals surface area contributed by atoms with Crippen molar-refractivity contribution >= 4 is 30.2 Å². The molecule has 0 bridgehead atoms. The number of aliphatic hydroxyl groups excluding tert-OH is 4. The Bertz CT molecular complexity index is 3800. The zero-order chi connectivity index (χ0) is 82.9. The van der Waals surface area contributed by atoms with Crippen LogP contribution in [0.1, 0.15) is 139 Å². The van der Waals surface area contributed by atoms with E-state index >= 15 is 0 Å². The topological polar surface area (TPSA) is 380 Å². The maximum absolute atomic E-state index is 12.1. The van der Waals surface area contributed by atoms with Gasteiger partial charge in [0.2, 0.25) is 0 Å². The molecule has 0 unspecified atom stereocenters. The zero-order valence-corrected chi connectivity index (χ0v) is 66.6. The normalized spacial score (nSPS) is 12.1. The first-order valence-electron chi connectivity index (χ1n) is 37.1. The number of carboxylic acid groups (broad SMARTS) is 1. The molecular formula is C88H119N5O19. The second-order valence-electron chi connectivity index (χ2n) is 29.1. The first-order valence-corrected chi connectivity index (χ1v) is 37.1. The molecule has 0 saturated carbocycles. The number of hydrogen-bond donors (Lipinski definition) is 12. The molecule has 0 fully saturated rings. The molecule has 0 heterocycles. The number of carboxylic acids is 1. The van der Waals surface area contributed by atoms with Gasteiger partial charge in [-0.2, -0.15) is 0 Å². The largest absolute Gasteiger partial charge is 0.508 e. The van der Waals surface area contributed by atoms with Gasteiger partial charge in [0.15, 0.2) is 0 Å². The van der Waals surface area contributed by atoms with Gasteiger partial charge in [-0.3, -0.25) is 9.59 Å². The summed E-state index contributed by atoms with van der Waals surface area (Å²) in [6.07, 6.45) is 2.83. The van der Waals surface area contributed by atoms with Crippen molar-refractivity contribution in [2.45, 2.75) is 193 Å². The number of benzene rings is 8. The molecule has 24 heteroatoms. The molecule has 0 aliphatic heterocycles. The van der Waals surface area contributed by atoms with Crippen molar-refractivity contribution in [3.05, 3.63) is 257 Å². The van der Waals surface area contributed by atoms with Crippen LogP contribution in [0.2, 0.25) is 0 Å². The van der Waals surface area contributed by atoms with Crippen LogP contribution in [0, 0.1) is 0 Å². The van der Waals surface area contributed by atoms with E-state index in [4.69, 9.17) is 75.3 Å². The molecule has 0 aromatic heterocycles. The lowest BCUT2D eigenvalue weighted by atomic mass is 10.0. The van der Waals surface area contributed by atoms with Crippen LogP contribution in [0.5, 0.6) is 28.7 Å². The number of hydrogen-bond acceptors (Lipinski definition) is 20. The molecule has 610 valence electrons. The van der Waals surface area contributed by atoms with Crippen LogP contribution in [-0.2, 0) is 80.5 Å². The number of ether oxygens (including phenoxy) is 7. The number of nitrogens with one attached hydrogen (secondary N) is 3. The van der Waals surface area contributed by atoms with Gasteiger partial charge in [-0.05, 0) is 219 Å². The average Bonchev–Trinajstić information content (AvgIpc) is 0.930. The number of methoxy groups -OCH3 is 1. The Morgan fingerprint density at radius 2 is 0.616 bits per heavy atom. The van der Waals surface area contributed by atoms with Crippen molar-refractivity contribution in [1.82, 2.24) is 16.0 Å². The number of esters is 1. The molecule has 0 aliphatic carbocycles. The minimum Gasteiger partial charge on any atom is -0.508 e. The average molecular weight is 1550 g/mol. The predicted octanol–water partition coefficient (Wildman–Crippen LogP) is 13.4. The van der Waals surface area contributed by atoms with Gasteiger partial charge in [-0.15, -0.1) is 0 Å². The van der Waals surface area contributed by atoms with Crippen LogP contribution >= 0.6 is 0 Å². The molecular weight excluding hydrogens is 1430 g/mol. The van der Waals surface area contributed by atoms with Crippen molar-refractivity contribution in [3.8, 4) is 28.7 Å². The maximum atomic E-state index is 12.1. The fourth-order valence-electron chi connectivity index (χ4n) is 10.3. The summed E-state index contributed by atoms with van der Waals surface area (Å²) in [5.74, 6) is 1.42. The predicted molar refractivity (Wildman–Crippen MR) is 434 cm³/mol. The number of nitrogens with two attached hydrogens (primary N) is 2.